The first-order valence-electron chi connectivity index (χ1n) is 5.48. The fourth-order valence-electron chi connectivity index (χ4n) is 1.67. The van der Waals surface area contributed by atoms with E-state index in [-0.39, 0.29) is 30.9 Å². The normalized spacial score (nSPS) is 19.4. The standard InChI is InChI=1S/C11H15N3O2.ClH/c15-11(10-7-13-4-5-14-10)8-16-9-2-1-3-12-6-9;/h4-5,7,9,12H,1-3,6,8H2;1H. The zero-order chi connectivity index (χ0) is 11.2. The van der Waals surface area contributed by atoms with Crippen LogP contribution in [0.4, 0.5) is 0 Å². The molecule has 1 aromatic heterocycles. The highest BCUT2D eigenvalue weighted by Crippen LogP contribution is 2.06. The fourth-order valence-corrected chi connectivity index (χ4v) is 1.67. The van der Waals surface area contributed by atoms with Crippen molar-refractivity contribution in [3.8, 4) is 0 Å². The Hall–Kier alpha value is -1.04. The molecule has 1 saturated heterocycles. The number of carbonyl (C=O) groups is 1. The molecular weight excluding hydrogens is 242 g/mol. The summed E-state index contributed by atoms with van der Waals surface area (Å²) in [6.07, 6.45) is 6.78. The number of halogens is 1. The Balaban J connectivity index is 0.00000144. The van der Waals surface area contributed by atoms with Crippen molar-refractivity contribution in [2.75, 3.05) is 19.7 Å². The number of ketones is 1. The lowest BCUT2D eigenvalue weighted by molar-refractivity contribution is 0.0344. The smallest absolute Gasteiger partial charge is 0.208 e. The number of nitrogens with zero attached hydrogens (tertiary/aromatic N) is 2. The quantitative estimate of drug-likeness (QED) is 0.811. The second kappa shape index (κ2) is 7.32. The molecule has 17 heavy (non-hydrogen) atoms. The zero-order valence-corrected chi connectivity index (χ0v) is 10.3. The number of hydrogen-bond donors (Lipinski definition) is 1. The van der Waals surface area contributed by atoms with E-state index in [1.54, 1.807) is 6.20 Å². The van der Waals surface area contributed by atoms with Crippen LogP contribution in [-0.2, 0) is 4.74 Å². The van der Waals surface area contributed by atoms with Gasteiger partial charge in [-0.05, 0) is 19.4 Å². The summed E-state index contributed by atoms with van der Waals surface area (Å²) in [6, 6.07) is 0. The minimum Gasteiger partial charge on any atom is -0.369 e. The summed E-state index contributed by atoms with van der Waals surface area (Å²) in [4.78, 5) is 19.4. The molecule has 94 valence electrons. The maximum Gasteiger partial charge on any atom is 0.208 e. The predicted molar refractivity (Wildman–Crippen MR) is 65.5 cm³/mol. The van der Waals surface area contributed by atoms with Gasteiger partial charge in [-0.15, -0.1) is 12.4 Å². The molecule has 2 heterocycles. The molecule has 1 N–H and O–H groups in total. The number of hydrogen-bond acceptors (Lipinski definition) is 5. The van der Waals surface area contributed by atoms with Gasteiger partial charge in [-0.25, -0.2) is 4.98 Å². The van der Waals surface area contributed by atoms with E-state index in [1.807, 2.05) is 0 Å². The molecule has 0 amide bonds. The molecule has 6 heteroatoms. The molecule has 1 aliphatic rings. The largest absolute Gasteiger partial charge is 0.369 e. The minimum absolute atomic E-state index is 0. The number of carbonyl (C=O) groups excluding carboxylic acids is 1. The minimum atomic E-state index is -0.112. The molecule has 1 aromatic rings. The average Bonchev–Trinajstić information content (AvgIpc) is 2.38. The molecule has 1 unspecified atom stereocenters. The summed E-state index contributed by atoms with van der Waals surface area (Å²) in [5.74, 6) is -0.112. The number of aromatic nitrogens is 2. The predicted octanol–water partition coefficient (Wildman–Crippen LogP) is 0.850. The molecule has 0 aromatic carbocycles. The summed E-state index contributed by atoms with van der Waals surface area (Å²) >= 11 is 0. The maximum atomic E-state index is 11.6. The van der Waals surface area contributed by atoms with Crippen LogP contribution in [0.5, 0.6) is 0 Å². The van der Waals surface area contributed by atoms with E-state index in [0.29, 0.717) is 5.69 Å². The zero-order valence-electron chi connectivity index (χ0n) is 9.46. The van der Waals surface area contributed by atoms with Crippen LogP contribution in [0.15, 0.2) is 18.6 Å². The van der Waals surface area contributed by atoms with Gasteiger partial charge in [-0.1, -0.05) is 0 Å². The van der Waals surface area contributed by atoms with Crippen molar-refractivity contribution in [3.05, 3.63) is 24.3 Å². The summed E-state index contributed by atoms with van der Waals surface area (Å²) in [5, 5.41) is 3.23. The molecule has 0 radical (unpaired) electrons. The average molecular weight is 258 g/mol. The molecule has 1 aliphatic heterocycles. The molecule has 0 spiro atoms. The van der Waals surface area contributed by atoms with Gasteiger partial charge in [-0.2, -0.15) is 0 Å². The van der Waals surface area contributed by atoms with Crippen molar-refractivity contribution in [1.29, 1.82) is 0 Å². The Morgan fingerprint density at radius 3 is 3.06 bits per heavy atom. The van der Waals surface area contributed by atoms with E-state index >= 15 is 0 Å². The van der Waals surface area contributed by atoms with Crippen LogP contribution < -0.4 is 5.32 Å². The Kier molecular flexibility index (Phi) is 6.04. The second-order valence-electron chi connectivity index (χ2n) is 3.79. The van der Waals surface area contributed by atoms with E-state index in [0.717, 1.165) is 25.9 Å². The summed E-state index contributed by atoms with van der Waals surface area (Å²) in [6.45, 7) is 1.96. The molecule has 0 aliphatic carbocycles. The number of rotatable bonds is 4. The Morgan fingerprint density at radius 1 is 1.53 bits per heavy atom. The van der Waals surface area contributed by atoms with Crippen molar-refractivity contribution in [1.82, 2.24) is 15.3 Å². The lowest BCUT2D eigenvalue weighted by Crippen LogP contribution is -2.36. The van der Waals surface area contributed by atoms with Crippen molar-refractivity contribution >= 4 is 18.2 Å². The van der Waals surface area contributed by atoms with Crippen LogP contribution in [0.25, 0.3) is 0 Å². The van der Waals surface area contributed by atoms with Gasteiger partial charge in [0.25, 0.3) is 0 Å². The van der Waals surface area contributed by atoms with E-state index in [9.17, 15) is 4.79 Å². The second-order valence-corrected chi connectivity index (χ2v) is 3.79. The van der Waals surface area contributed by atoms with Gasteiger partial charge in [0.2, 0.25) is 5.78 Å². The van der Waals surface area contributed by atoms with Gasteiger partial charge in [0.15, 0.2) is 0 Å². The van der Waals surface area contributed by atoms with Gasteiger partial charge in [0.05, 0.1) is 12.3 Å². The molecule has 0 bridgehead atoms. The molecule has 1 atom stereocenters. The van der Waals surface area contributed by atoms with Gasteiger partial charge < -0.3 is 10.1 Å². The first kappa shape index (κ1) is 14.0. The van der Waals surface area contributed by atoms with E-state index in [2.05, 4.69) is 15.3 Å². The van der Waals surface area contributed by atoms with Gasteiger partial charge in [0, 0.05) is 18.9 Å². The summed E-state index contributed by atoms with van der Waals surface area (Å²) in [5.41, 5.74) is 0.367. The van der Waals surface area contributed by atoms with Gasteiger partial charge >= 0.3 is 0 Å². The van der Waals surface area contributed by atoms with Crippen LogP contribution in [0.2, 0.25) is 0 Å². The van der Waals surface area contributed by atoms with Gasteiger partial charge in [0.1, 0.15) is 12.3 Å². The third-order valence-corrected chi connectivity index (χ3v) is 2.55. The first-order chi connectivity index (χ1) is 7.86. The van der Waals surface area contributed by atoms with E-state index in [1.165, 1.54) is 12.4 Å². The number of ether oxygens (including phenoxy) is 1. The molecule has 0 saturated carbocycles. The highest BCUT2D eigenvalue weighted by Gasteiger charge is 2.15. The molecule has 5 nitrogen and oxygen atoms in total. The van der Waals surface area contributed by atoms with Crippen molar-refractivity contribution < 1.29 is 9.53 Å². The first-order valence-corrected chi connectivity index (χ1v) is 5.48. The third kappa shape index (κ3) is 4.38. The van der Waals surface area contributed by atoms with Gasteiger partial charge in [-0.3, -0.25) is 9.78 Å². The highest BCUT2D eigenvalue weighted by atomic mass is 35.5. The van der Waals surface area contributed by atoms with Crippen molar-refractivity contribution in [2.45, 2.75) is 18.9 Å². The van der Waals surface area contributed by atoms with Crippen LogP contribution >= 0.6 is 12.4 Å². The van der Waals surface area contributed by atoms with Crippen LogP contribution in [-0.4, -0.2) is 41.6 Å². The molecule has 2 rings (SSSR count). The summed E-state index contributed by atoms with van der Waals surface area (Å²) < 4.78 is 5.52. The Bertz CT molecular complexity index is 342. The fraction of sp³-hybridized carbons (Fsp3) is 0.545. The van der Waals surface area contributed by atoms with Crippen LogP contribution in [0.3, 0.4) is 0 Å². The maximum absolute atomic E-state index is 11.6. The Labute approximate surface area is 106 Å². The van der Waals surface area contributed by atoms with E-state index in [4.69, 9.17) is 4.74 Å². The SMILES string of the molecule is Cl.O=C(COC1CCCNC1)c1cnccn1. The lowest BCUT2D eigenvalue weighted by atomic mass is 10.1. The van der Waals surface area contributed by atoms with E-state index < -0.39 is 0 Å². The van der Waals surface area contributed by atoms with Crippen LogP contribution in [0.1, 0.15) is 23.3 Å². The Morgan fingerprint density at radius 2 is 2.41 bits per heavy atom. The van der Waals surface area contributed by atoms with Crippen molar-refractivity contribution in [2.24, 2.45) is 0 Å². The molecule has 1 fully saturated rings. The lowest BCUT2D eigenvalue weighted by Gasteiger charge is -2.22. The highest BCUT2D eigenvalue weighted by molar-refractivity contribution is 5.94. The van der Waals surface area contributed by atoms with Crippen molar-refractivity contribution in [3.63, 3.8) is 0 Å². The molecular formula is C11H16ClN3O2. The monoisotopic (exact) mass is 257 g/mol. The third-order valence-electron chi connectivity index (χ3n) is 2.55. The number of Topliss-reactive ketones (excluding diaryl/α,β-unsaturated/α-hetero) is 1. The number of piperidine rings is 1. The topological polar surface area (TPSA) is 64.1 Å². The van der Waals surface area contributed by atoms with Crippen LogP contribution in [0, 0.1) is 0 Å². The number of nitrogens with one attached hydrogen (secondary N) is 1. The summed E-state index contributed by atoms with van der Waals surface area (Å²) in [7, 11) is 0.